The molecule has 0 heterocycles. The number of hydrogen-bond donors (Lipinski definition) is 2. The first-order valence-corrected chi connectivity index (χ1v) is 5.36. The molecule has 1 rings (SSSR count). The van der Waals surface area contributed by atoms with E-state index in [4.69, 9.17) is 4.74 Å². The van der Waals surface area contributed by atoms with E-state index in [1.165, 1.54) is 11.1 Å². The highest BCUT2D eigenvalue weighted by Crippen LogP contribution is 2.19. The average Bonchev–Trinajstić information content (AvgIpc) is 2.19. The summed E-state index contributed by atoms with van der Waals surface area (Å²) in [6, 6.07) is 6.21. The van der Waals surface area contributed by atoms with Gasteiger partial charge in [-0.15, -0.1) is 0 Å². The maximum atomic E-state index is 5.27. The molecular weight excluding hydrogens is 194 g/mol. The van der Waals surface area contributed by atoms with E-state index in [1.54, 1.807) is 7.11 Å². The third kappa shape index (κ3) is 3.24. The average molecular weight is 211 g/mol. The van der Waals surface area contributed by atoms with E-state index in [-0.39, 0.29) is 0 Å². The Hall–Kier alpha value is -0.670. The molecule has 0 saturated carbocycles. The highest BCUT2D eigenvalue weighted by atomic mass is 32.1. The van der Waals surface area contributed by atoms with E-state index in [0.717, 1.165) is 24.6 Å². The van der Waals surface area contributed by atoms with Crippen molar-refractivity contribution in [2.75, 3.05) is 19.4 Å². The number of rotatable bonds is 5. The molecule has 0 radical (unpaired) electrons. The largest absolute Gasteiger partial charge is 0.496 e. The quantitative estimate of drug-likeness (QED) is 0.574. The van der Waals surface area contributed by atoms with Gasteiger partial charge in [0.25, 0.3) is 0 Å². The summed E-state index contributed by atoms with van der Waals surface area (Å²) >= 11 is 4.14. The normalized spacial score (nSPS) is 10.2. The van der Waals surface area contributed by atoms with Crippen molar-refractivity contribution in [1.29, 1.82) is 0 Å². The number of thiol groups is 1. The van der Waals surface area contributed by atoms with Crippen molar-refractivity contribution in [3.05, 3.63) is 29.3 Å². The molecule has 0 amide bonds. The smallest absolute Gasteiger partial charge is 0.123 e. The first-order valence-electron chi connectivity index (χ1n) is 4.73. The second kappa shape index (κ2) is 5.94. The zero-order chi connectivity index (χ0) is 10.4. The van der Waals surface area contributed by atoms with Gasteiger partial charge in [0.05, 0.1) is 7.11 Å². The van der Waals surface area contributed by atoms with Crippen molar-refractivity contribution < 1.29 is 4.74 Å². The summed E-state index contributed by atoms with van der Waals surface area (Å²) in [5.41, 5.74) is 2.46. The lowest BCUT2D eigenvalue weighted by molar-refractivity contribution is 0.408. The minimum Gasteiger partial charge on any atom is -0.496 e. The van der Waals surface area contributed by atoms with Crippen LogP contribution >= 0.6 is 12.6 Å². The minimum absolute atomic E-state index is 0.839. The van der Waals surface area contributed by atoms with Crippen LogP contribution in [-0.2, 0) is 6.54 Å². The van der Waals surface area contributed by atoms with E-state index < -0.39 is 0 Å². The van der Waals surface area contributed by atoms with Crippen molar-refractivity contribution in [2.45, 2.75) is 13.5 Å². The molecule has 0 aromatic heterocycles. The number of benzene rings is 1. The molecule has 0 aliphatic heterocycles. The summed E-state index contributed by atoms with van der Waals surface area (Å²) in [6.07, 6.45) is 0. The van der Waals surface area contributed by atoms with Gasteiger partial charge >= 0.3 is 0 Å². The monoisotopic (exact) mass is 211 g/mol. The predicted octanol–water partition coefficient (Wildman–Crippen LogP) is 2.02. The number of aryl methyl sites for hydroxylation is 1. The standard InChI is InChI=1S/C11H17NOS/c1-9-3-4-11(13-2)10(7-9)8-12-5-6-14/h3-4,7,12,14H,5-6,8H2,1-2H3. The van der Waals surface area contributed by atoms with Crippen molar-refractivity contribution in [2.24, 2.45) is 0 Å². The van der Waals surface area contributed by atoms with Gasteiger partial charge in [-0.1, -0.05) is 17.7 Å². The van der Waals surface area contributed by atoms with E-state index in [1.807, 2.05) is 6.07 Å². The molecule has 3 heteroatoms. The van der Waals surface area contributed by atoms with Gasteiger partial charge in [0.1, 0.15) is 5.75 Å². The Morgan fingerprint density at radius 3 is 2.86 bits per heavy atom. The van der Waals surface area contributed by atoms with E-state index in [0.29, 0.717) is 0 Å². The molecule has 0 aliphatic carbocycles. The number of nitrogens with one attached hydrogen (secondary N) is 1. The number of hydrogen-bond acceptors (Lipinski definition) is 3. The van der Waals surface area contributed by atoms with Crippen molar-refractivity contribution in [3.63, 3.8) is 0 Å². The second-order valence-corrected chi connectivity index (χ2v) is 3.66. The van der Waals surface area contributed by atoms with Gasteiger partial charge < -0.3 is 10.1 Å². The Bertz CT molecular complexity index is 289. The molecule has 14 heavy (non-hydrogen) atoms. The lowest BCUT2D eigenvalue weighted by Gasteiger charge is -2.09. The van der Waals surface area contributed by atoms with Gasteiger partial charge in [-0.05, 0) is 13.0 Å². The van der Waals surface area contributed by atoms with E-state index in [2.05, 4.69) is 37.0 Å². The summed E-state index contributed by atoms with van der Waals surface area (Å²) in [4.78, 5) is 0. The molecule has 1 aromatic carbocycles. The van der Waals surface area contributed by atoms with Gasteiger partial charge in [0.15, 0.2) is 0 Å². The van der Waals surface area contributed by atoms with Gasteiger partial charge in [0.2, 0.25) is 0 Å². The Labute approximate surface area is 91.1 Å². The molecule has 1 N–H and O–H groups in total. The molecule has 0 bridgehead atoms. The van der Waals surface area contributed by atoms with Crippen LogP contribution in [0.15, 0.2) is 18.2 Å². The molecule has 1 aromatic rings. The molecule has 0 unspecified atom stereocenters. The molecule has 78 valence electrons. The van der Waals surface area contributed by atoms with Crippen LogP contribution in [0.4, 0.5) is 0 Å². The molecule has 0 aliphatic rings. The first kappa shape index (κ1) is 11.4. The summed E-state index contributed by atoms with van der Waals surface area (Å²) < 4.78 is 5.27. The minimum atomic E-state index is 0.839. The van der Waals surface area contributed by atoms with Crippen LogP contribution in [0.25, 0.3) is 0 Å². The zero-order valence-electron chi connectivity index (χ0n) is 8.71. The third-order valence-electron chi connectivity index (χ3n) is 2.04. The summed E-state index contributed by atoms with van der Waals surface area (Å²) in [6.45, 7) is 3.84. The molecular formula is C11H17NOS. The maximum Gasteiger partial charge on any atom is 0.123 e. The van der Waals surface area contributed by atoms with Crippen LogP contribution < -0.4 is 10.1 Å². The lowest BCUT2D eigenvalue weighted by Crippen LogP contribution is -2.16. The molecule has 0 spiro atoms. The first-order chi connectivity index (χ1) is 6.77. The number of ether oxygens (including phenoxy) is 1. The van der Waals surface area contributed by atoms with Crippen molar-refractivity contribution >= 4 is 12.6 Å². The molecule has 0 atom stereocenters. The van der Waals surface area contributed by atoms with Gasteiger partial charge in [-0.25, -0.2) is 0 Å². The van der Waals surface area contributed by atoms with Crippen molar-refractivity contribution in [1.82, 2.24) is 5.32 Å². The van der Waals surface area contributed by atoms with Crippen LogP contribution in [0.5, 0.6) is 5.75 Å². The Kier molecular flexibility index (Phi) is 4.84. The van der Waals surface area contributed by atoms with Crippen LogP contribution in [-0.4, -0.2) is 19.4 Å². The maximum absolute atomic E-state index is 5.27. The lowest BCUT2D eigenvalue weighted by atomic mass is 10.1. The molecule has 0 fully saturated rings. The Morgan fingerprint density at radius 1 is 1.43 bits per heavy atom. The van der Waals surface area contributed by atoms with Crippen LogP contribution in [0.3, 0.4) is 0 Å². The summed E-state index contributed by atoms with van der Waals surface area (Å²) in [5, 5.41) is 3.30. The molecule has 0 saturated heterocycles. The van der Waals surface area contributed by atoms with Crippen LogP contribution in [0.1, 0.15) is 11.1 Å². The number of methoxy groups -OCH3 is 1. The highest BCUT2D eigenvalue weighted by Gasteiger charge is 2.01. The fourth-order valence-electron chi connectivity index (χ4n) is 1.35. The van der Waals surface area contributed by atoms with E-state index >= 15 is 0 Å². The van der Waals surface area contributed by atoms with Gasteiger partial charge in [0, 0.05) is 24.4 Å². The van der Waals surface area contributed by atoms with Crippen LogP contribution in [0.2, 0.25) is 0 Å². The van der Waals surface area contributed by atoms with Gasteiger partial charge in [-0.2, -0.15) is 12.6 Å². The summed E-state index contributed by atoms with van der Waals surface area (Å²) in [7, 11) is 1.70. The summed E-state index contributed by atoms with van der Waals surface area (Å²) in [5.74, 6) is 1.80. The zero-order valence-corrected chi connectivity index (χ0v) is 9.60. The topological polar surface area (TPSA) is 21.3 Å². The van der Waals surface area contributed by atoms with E-state index in [9.17, 15) is 0 Å². The predicted molar refractivity (Wildman–Crippen MR) is 63.3 cm³/mol. The SMILES string of the molecule is COc1ccc(C)cc1CNCCS. The Balaban J connectivity index is 2.67. The Morgan fingerprint density at radius 2 is 2.21 bits per heavy atom. The molecule has 2 nitrogen and oxygen atoms in total. The second-order valence-electron chi connectivity index (χ2n) is 3.22. The van der Waals surface area contributed by atoms with Crippen molar-refractivity contribution in [3.8, 4) is 5.75 Å². The highest BCUT2D eigenvalue weighted by molar-refractivity contribution is 7.80. The fraction of sp³-hybridized carbons (Fsp3) is 0.455. The third-order valence-corrected chi connectivity index (χ3v) is 2.26. The van der Waals surface area contributed by atoms with Gasteiger partial charge in [-0.3, -0.25) is 0 Å². The van der Waals surface area contributed by atoms with Crippen LogP contribution in [0, 0.1) is 6.92 Å². The fourth-order valence-corrected chi connectivity index (χ4v) is 1.51.